The van der Waals surface area contributed by atoms with Crippen LogP contribution in [0.3, 0.4) is 0 Å². The van der Waals surface area contributed by atoms with Gasteiger partial charge < -0.3 is 20.1 Å². The van der Waals surface area contributed by atoms with E-state index in [1.165, 1.54) is 0 Å². The molecule has 4 aromatic rings. The van der Waals surface area contributed by atoms with Gasteiger partial charge in [0.2, 0.25) is 0 Å². The topological polar surface area (TPSA) is 284 Å². The summed E-state index contributed by atoms with van der Waals surface area (Å²) in [6, 6.07) is 0. The Kier molecular flexibility index (Phi) is 3.82. The highest BCUT2D eigenvalue weighted by Gasteiger charge is 2.39. The molecule has 0 aliphatic carbocycles. The molecule has 21 nitrogen and oxygen atoms in total. The summed E-state index contributed by atoms with van der Waals surface area (Å²) in [5.41, 5.74) is -8.31. The van der Waals surface area contributed by atoms with Crippen LogP contribution >= 0.6 is 0 Å². The van der Waals surface area contributed by atoms with Gasteiger partial charge in [0.05, 0.1) is 14.9 Å². The first kappa shape index (κ1) is 18.0. The Balaban J connectivity index is 2.34. The number of hydrogen-bond donors (Lipinski definition) is 0. The van der Waals surface area contributed by atoms with Crippen molar-refractivity contribution in [1.82, 2.24) is 30.8 Å². The number of rotatable bonds is 2. The second-order valence-corrected chi connectivity index (χ2v) is 4.98. The van der Waals surface area contributed by atoms with Crippen LogP contribution in [0.25, 0.3) is 33.9 Å². The van der Waals surface area contributed by atoms with E-state index < -0.39 is 69.6 Å². The lowest BCUT2D eigenvalue weighted by Crippen LogP contribution is -2.34. The van der Waals surface area contributed by atoms with Gasteiger partial charge in [0, 0.05) is 0 Å². The SMILES string of the molecule is O=[N+]([O-])c1c2n[n+]([O-])c3onc(c3[N+](=O)[O-])[n+]([O-])nc3nocc3n[n+]([O-])c1no2. The van der Waals surface area contributed by atoms with E-state index in [0.29, 0.717) is 0 Å². The standard InChI is InChI=1S/C9HN11O10/c21-16-6-3(19(24)25)8(29-14-6)12-18(23)9-4(20(26)27)7(15-30-9)17(22)11-5-2(10-16)1-28-13-5/h1H. The second kappa shape index (κ2) is 6.36. The van der Waals surface area contributed by atoms with Gasteiger partial charge in [-0.15, -0.1) is 9.69 Å². The van der Waals surface area contributed by atoms with Gasteiger partial charge in [0.1, 0.15) is 0 Å². The lowest BCUT2D eigenvalue weighted by molar-refractivity contribution is -0.652. The zero-order valence-corrected chi connectivity index (χ0v) is 13.6. The number of aromatic nitrogens is 9. The molecule has 0 aliphatic rings. The van der Waals surface area contributed by atoms with Gasteiger partial charge in [0.15, 0.2) is 22.1 Å². The molecule has 4 rings (SSSR count). The molecule has 0 N–H and O–H groups in total. The third kappa shape index (κ3) is 2.70. The summed E-state index contributed by atoms with van der Waals surface area (Å²) in [5.74, 6) is 0. The second-order valence-electron chi connectivity index (χ2n) is 4.98. The molecule has 4 heterocycles. The predicted octanol–water partition coefficient (Wildman–Crippen LogP) is -2.30. The Labute approximate surface area is 157 Å². The lowest BCUT2D eigenvalue weighted by atomic mass is 10.5. The van der Waals surface area contributed by atoms with Crippen LogP contribution in [0.2, 0.25) is 0 Å². The molecule has 152 valence electrons. The van der Waals surface area contributed by atoms with E-state index >= 15 is 0 Å². The number of nitro groups is 2. The highest BCUT2D eigenvalue weighted by Crippen LogP contribution is 2.21. The summed E-state index contributed by atoms with van der Waals surface area (Å²) in [6.07, 6.45) is 0.725. The van der Waals surface area contributed by atoms with E-state index in [9.17, 15) is 35.9 Å². The molecule has 30 heavy (non-hydrogen) atoms. The quantitative estimate of drug-likeness (QED) is 0.142. The third-order valence-electron chi connectivity index (χ3n) is 3.27. The lowest BCUT2D eigenvalue weighted by Gasteiger charge is -1.93. The van der Waals surface area contributed by atoms with E-state index in [-0.39, 0.29) is 0 Å². The van der Waals surface area contributed by atoms with Crippen LogP contribution in [0, 0.1) is 35.9 Å². The fraction of sp³-hybridized carbons (Fsp3) is 0. The Morgan fingerprint density at radius 1 is 0.800 bits per heavy atom. The molecule has 0 saturated carbocycles. The largest absolute Gasteiger partial charge is 0.690 e. The molecular weight excluding hydrogens is 422 g/mol. The smallest absolute Gasteiger partial charge is 0.542 e. The van der Waals surface area contributed by atoms with Crippen molar-refractivity contribution in [3.8, 4) is 0 Å². The van der Waals surface area contributed by atoms with Crippen LogP contribution < -0.4 is 14.5 Å². The molecule has 4 aromatic heterocycles. The maximum Gasteiger partial charge on any atom is 0.542 e. The maximum atomic E-state index is 12.2. The van der Waals surface area contributed by atoms with Gasteiger partial charge in [-0.1, -0.05) is 15.4 Å². The normalized spacial score (nSPS) is 10.9. The molecule has 0 fully saturated rings. The van der Waals surface area contributed by atoms with E-state index in [4.69, 9.17) is 0 Å². The summed E-state index contributed by atoms with van der Waals surface area (Å²) in [5, 5.41) is 78.2. The summed E-state index contributed by atoms with van der Waals surface area (Å²) in [4.78, 5) is 18.7. The number of nitrogens with zero attached hydrogens (tertiary/aromatic N) is 11. The minimum Gasteiger partial charge on any atom is -0.690 e. The van der Waals surface area contributed by atoms with Crippen molar-refractivity contribution in [2.75, 3.05) is 0 Å². The average Bonchev–Trinajstić information content (AvgIpc) is 3.38. The molecule has 0 spiro atoms. The van der Waals surface area contributed by atoms with Crippen LogP contribution in [0.5, 0.6) is 0 Å². The first-order chi connectivity index (χ1) is 14.3. The molecule has 0 amide bonds. The average molecular weight is 423 g/mol. The van der Waals surface area contributed by atoms with Crippen molar-refractivity contribution in [3.63, 3.8) is 0 Å². The van der Waals surface area contributed by atoms with Crippen LogP contribution in [0.15, 0.2) is 19.8 Å². The summed E-state index contributed by atoms with van der Waals surface area (Å²) in [6.45, 7) is 0. The van der Waals surface area contributed by atoms with Crippen LogP contribution in [-0.2, 0) is 0 Å². The van der Waals surface area contributed by atoms with E-state index in [1.807, 2.05) is 0 Å². The highest BCUT2D eigenvalue weighted by atomic mass is 16.6. The van der Waals surface area contributed by atoms with E-state index in [1.54, 1.807) is 0 Å². The molecular formula is C9HN11O10. The van der Waals surface area contributed by atoms with Crippen molar-refractivity contribution in [2.24, 2.45) is 0 Å². The Hall–Kier alpha value is -5.37. The third-order valence-corrected chi connectivity index (χ3v) is 3.27. The summed E-state index contributed by atoms with van der Waals surface area (Å²) in [7, 11) is 0. The Morgan fingerprint density at radius 2 is 1.43 bits per heavy atom. The van der Waals surface area contributed by atoms with Crippen molar-refractivity contribution >= 4 is 45.3 Å². The zero-order chi connectivity index (χ0) is 21.6. The van der Waals surface area contributed by atoms with Gasteiger partial charge in [0.25, 0.3) is 5.65 Å². The summed E-state index contributed by atoms with van der Waals surface area (Å²) < 4.78 is 13.5. The predicted molar refractivity (Wildman–Crippen MR) is 79.2 cm³/mol. The fourth-order valence-electron chi connectivity index (χ4n) is 2.07. The molecule has 0 saturated heterocycles. The van der Waals surface area contributed by atoms with Gasteiger partial charge in [-0.3, -0.25) is 20.2 Å². The van der Waals surface area contributed by atoms with Crippen molar-refractivity contribution in [2.45, 2.75) is 0 Å². The molecule has 0 aliphatic heterocycles. The first-order valence-electron chi connectivity index (χ1n) is 7.07. The van der Waals surface area contributed by atoms with E-state index in [0.717, 1.165) is 6.26 Å². The molecule has 0 unspecified atom stereocenters. The summed E-state index contributed by atoms with van der Waals surface area (Å²) >= 11 is 0. The molecule has 4 bridgehead atoms. The van der Waals surface area contributed by atoms with Crippen molar-refractivity contribution in [3.05, 3.63) is 42.1 Å². The molecule has 0 radical (unpaired) electrons. The molecule has 0 atom stereocenters. The van der Waals surface area contributed by atoms with E-state index in [2.05, 4.69) is 44.3 Å². The Morgan fingerprint density at radius 3 is 2.13 bits per heavy atom. The number of fused-ring (bicyclic) bond motifs is 5. The first-order valence-corrected chi connectivity index (χ1v) is 7.07. The monoisotopic (exact) mass is 423 g/mol. The number of hydrogen-bond acceptors (Lipinski definition) is 16. The van der Waals surface area contributed by atoms with Crippen LogP contribution in [-0.4, -0.2) is 40.6 Å². The van der Waals surface area contributed by atoms with Gasteiger partial charge in [-0.05, 0) is 4.85 Å². The highest BCUT2D eigenvalue weighted by molar-refractivity contribution is 5.70. The molecule has 0 aromatic carbocycles. The van der Waals surface area contributed by atoms with Crippen molar-refractivity contribution < 1.29 is 38.0 Å². The maximum absolute atomic E-state index is 12.2. The van der Waals surface area contributed by atoms with Gasteiger partial charge in [-0.2, -0.15) is 4.52 Å². The van der Waals surface area contributed by atoms with Gasteiger partial charge in [-0.25, -0.2) is 4.52 Å². The van der Waals surface area contributed by atoms with Crippen LogP contribution in [0.1, 0.15) is 0 Å². The fourth-order valence-corrected chi connectivity index (χ4v) is 2.07. The van der Waals surface area contributed by atoms with Gasteiger partial charge >= 0.3 is 34.1 Å². The minimum absolute atomic E-state index is 0.410. The van der Waals surface area contributed by atoms with Crippen LogP contribution in [0.4, 0.5) is 11.4 Å². The zero-order valence-electron chi connectivity index (χ0n) is 13.6. The Bertz CT molecular complexity index is 1450. The van der Waals surface area contributed by atoms with Crippen molar-refractivity contribution in [1.29, 1.82) is 0 Å². The molecule has 21 heteroatoms. The minimum atomic E-state index is -1.29.